The number of hydrogen-bond donors (Lipinski definition) is 12. The molecule has 0 radical (unpaired) electrons. The highest BCUT2D eigenvalue weighted by Crippen LogP contribution is 2.29. The number of ether oxygens (including phenoxy) is 6. The predicted octanol–water partition coefficient (Wildman–Crippen LogP) is 11.5. The molecule has 6 aromatic heterocycles. The Morgan fingerprint density at radius 3 is 0.730 bits per heavy atom. The highest BCUT2D eigenvalue weighted by Gasteiger charge is 2.29. The third-order valence-corrected chi connectivity index (χ3v) is 18.3. The van der Waals surface area contributed by atoms with E-state index in [1.807, 2.05) is 0 Å². The molecule has 12 N–H and O–H groups in total. The fraction of sp³-hybridized carbons (Fsp3) is 0.438. The van der Waals surface area contributed by atoms with Crippen molar-refractivity contribution in [3.05, 3.63) is 213 Å². The molecule has 0 saturated carbocycles. The standard InChI is InChI=1S/6C16H21N3O2/c6*1-19(2)6-5-12-9-17-15-4-3-11(8-14(12)15)7-13-10-21-16(20)18-13/h6*3-4,8-9,13,17H,5-7,10H2,1-2H3,(H,18,20)/t6*13-/m000000/s1/i1D3,2D3,6D2,7D2,9D;1D3,2D3,5D2,7D2,9D;1D3,6D2,7D2,9D;1D3,5D2,7D2,9D;6D2,7D2,9D;5D2,7D2,9D/hD12. The second-order valence-corrected chi connectivity index (χ2v) is 28.5. The van der Waals surface area contributed by atoms with Gasteiger partial charge >= 0.3 is 36.6 Å². The lowest BCUT2D eigenvalue weighted by molar-refractivity contribution is 0.176. The first-order valence-corrected chi connectivity index (χ1v) is 38.4. The number of aromatic amines is 6. The molecule has 0 unspecified atom stereocenters. The monoisotopic (exact) mass is 1780 g/mol. The van der Waals surface area contributed by atoms with Gasteiger partial charge in [-0.25, -0.2) is 28.8 Å². The van der Waals surface area contributed by atoms with Gasteiger partial charge in [0.15, 0.2) is 16.9 Å². The van der Waals surface area contributed by atoms with E-state index in [2.05, 4.69) is 0 Å². The molecule has 672 valence electrons. The molecule has 126 heavy (non-hydrogen) atoms. The van der Waals surface area contributed by atoms with Gasteiger partial charge in [-0.05, 0) is 300 Å². The molecular formula is C96H126N18O12. The fourth-order valence-corrected chi connectivity index (χ4v) is 12.5. The van der Waals surface area contributed by atoms with Crippen molar-refractivity contribution in [3.8, 4) is 0 Å². The first-order valence-electron chi connectivity index (χ1n) is 67.8. The van der Waals surface area contributed by atoms with Gasteiger partial charge in [0.2, 0.25) is 0 Å². The van der Waals surface area contributed by atoms with Crippen molar-refractivity contribution in [3.63, 3.8) is 0 Å². The number of cyclic esters (lactones) is 6. The van der Waals surface area contributed by atoms with Crippen molar-refractivity contribution in [2.24, 2.45) is 0 Å². The third kappa shape index (κ3) is 26.5. The lowest BCUT2D eigenvalue weighted by atomic mass is 10.0. The molecule has 18 rings (SSSR count). The highest BCUT2D eigenvalue weighted by molar-refractivity contribution is 5.88. The smallest absolute Gasteiger partial charge is 0.407 e. The maximum Gasteiger partial charge on any atom is 0.407 e. The van der Waals surface area contributed by atoms with Gasteiger partial charge < -0.3 is 120 Å². The molecule has 30 heteroatoms. The summed E-state index contributed by atoms with van der Waals surface area (Å²) in [5, 5.41) is 3.33. The average molecular weight is 1780 g/mol. The number of rotatable bonds is 30. The van der Waals surface area contributed by atoms with Crippen molar-refractivity contribution in [1.82, 2.24) is 91.1 Å². The molecule has 6 atom stereocenters. The van der Waals surface area contributed by atoms with Crippen LogP contribution in [0.2, 0.25) is 16.9 Å². The molecule has 6 aliphatic rings. The zero-order valence-electron chi connectivity index (χ0n) is 128. The van der Waals surface area contributed by atoms with Gasteiger partial charge in [0.1, 0.15) is 39.6 Å². The van der Waals surface area contributed by atoms with Gasteiger partial charge in [-0.3, -0.25) is 0 Å². The van der Waals surface area contributed by atoms with Gasteiger partial charge in [-0.2, -0.15) is 0 Å². The number of nitrogens with one attached hydrogen (secondary N) is 12. The van der Waals surface area contributed by atoms with Crippen LogP contribution in [0.3, 0.4) is 0 Å². The number of likely N-dealkylation sites (N-methyl/N-ethyl adjacent to an activating group) is 6. The topological polar surface area (TPSA) is 344 Å². The molecule has 6 aromatic carbocycles. The second kappa shape index (κ2) is 43.7. The quantitative estimate of drug-likeness (QED) is 0.0186. The Morgan fingerprint density at radius 1 is 0.294 bits per heavy atom. The Morgan fingerprint density at radius 2 is 0.508 bits per heavy atom. The van der Waals surface area contributed by atoms with E-state index in [1.54, 1.807) is 33.1 Å². The largest absolute Gasteiger partial charge is 0.447 e. The van der Waals surface area contributed by atoms with E-state index in [9.17, 15) is 28.8 Å². The van der Waals surface area contributed by atoms with Crippen LogP contribution in [0.25, 0.3) is 65.4 Å². The van der Waals surface area contributed by atoms with Crippen LogP contribution in [0.4, 0.5) is 28.8 Å². The number of amides is 6. The number of carbonyl (C=O) groups is 6. The summed E-state index contributed by atoms with van der Waals surface area (Å²) in [4.78, 5) is 77.4. The zero-order chi connectivity index (χ0) is 141. The molecule has 6 saturated heterocycles. The summed E-state index contributed by atoms with van der Waals surface area (Å²) in [5.41, 5.74) is 0.659. The highest BCUT2D eigenvalue weighted by atomic mass is 16.6. The van der Waals surface area contributed by atoms with Gasteiger partial charge in [0.05, 0.1) is 44.5 Å². The van der Waals surface area contributed by atoms with Crippen LogP contribution in [0, 0.1) is 0 Å². The molecule has 6 aliphatic heterocycles. The second-order valence-electron chi connectivity index (χ2n) is 28.5. The molecule has 6 fully saturated rings. The van der Waals surface area contributed by atoms with E-state index >= 15 is 0 Å². The van der Waals surface area contributed by atoms with Crippen LogP contribution >= 0.6 is 0 Å². The minimum absolute atomic E-state index is 0.000722. The zero-order valence-corrected chi connectivity index (χ0v) is 68.3. The van der Waals surface area contributed by atoms with E-state index in [0.717, 1.165) is 32.9 Å². The van der Waals surface area contributed by atoms with E-state index in [4.69, 9.17) is 111 Å². The number of carbonyl (C=O) groups excluding carboxylic acids is 6. The lowest BCUT2D eigenvalue weighted by Crippen LogP contribution is -2.28. The average Bonchev–Trinajstić information content (AvgIpc) is 1.58. The molecule has 0 spiro atoms. The number of benzene rings is 6. The van der Waals surface area contributed by atoms with Crippen molar-refractivity contribution in [2.45, 2.75) is 113 Å². The number of aryl methyl sites for hydroxylation is 3. The normalized spacial score (nSPS) is 27.6. The first kappa shape index (κ1) is 42.0. The lowest BCUT2D eigenvalue weighted by Gasteiger charge is -2.09. The van der Waals surface area contributed by atoms with Gasteiger partial charge in [0.25, 0.3) is 0 Å². The first-order chi connectivity index (χ1) is 84.5. The van der Waals surface area contributed by atoms with E-state index in [1.165, 1.54) is 115 Å². The third-order valence-electron chi connectivity index (χ3n) is 18.3. The summed E-state index contributed by atoms with van der Waals surface area (Å²) in [6.45, 7) is -29.2. The number of alkyl carbamates (subject to hydrolysis) is 6. The van der Waals surface area contributed by atoms with Crippen molar-refractivity contribution in [2.75, 3.05) is 163 Å². The van der Waals surface area contributed by atoms with Gasteiger partial charge in [0, 0.05) is 199 Å². The van der Waals surface area contributed by atoms with Crippen LogP contribution in [0.15, 0.2) is 146 Å². The van der Waals surface area contributed by atoms with Crippen LogP contribution in [-0.4, -0.2) is 295 Å². The van der Waals surface area contributed by atoms with Crippen LogP contribution < -0.4 is 31.9 Å². The van der Waals surface area contributed by atoms with Crippen LogP contribution in [0.1, 0.15) is 133 Å². The molecule has 0 aliphatic carbocycles. The minimum Gasteiger partial charge on any atom is -0.447 e. The van der Waals surface area contributed by atoms with E-state index in [0.29, 0.717) is 68.2 Å². The predicted molar refractivity (Wildman–Crippen MR) is 495 cm³/mol. The summed E-state index contributed by atoms with van der Waals surface area (Å²) in [6, 6.07) is 16.9. The SMILES string of the molecule is [2H]c1c(C([2H])([2H])CN(C([2H])([2H])[2H])C([2H])([2H])[2H])c2cc(C([2H])([2H])[C@H]3COC(=O)N3[2H])ccc2n1[2H].[2H]c1c(C([2H])([2H])CN(C)C([2H])([2H])[2H])c2cc(C([2H])([2H])[C@H]3COC(=O)N3[2H])ccc2n1[2H].[2H]c1c(C([2H])([2H])CN(C)C)c2cc(C([2H])([2H])[C@H]3COC(=O)N3[2H])ccc2n1[2H].[2H]c1c(CC([2H])([2H])N(C([2H])([2H])[2H])C([2H])([2H])[2H])c2cc(C([2H])([2H])[C@H]3COC(=O)N3[2H])ccc2n1[2H].[2H]c1c(CC([2H])([2H])N(C)C([2H])([2H])[2H])c2cc(C([2H])([2H])[C@H]3COC(=O)N3[2H])ccc2n1[2H].[2H]c1c(CC([2H])([2H])N(C)C)c2cc(C([2H])([2H])[C@H]3COC(=O)N3[2H])ccc2n1[2H]. The molecule has 12 aromatic rings. The maximum atomic E-state index is 11.5. The van der Waals surface area contributed by atoms with E-state index < -0.39 is 255 Å². The summed E-state index contributed by atoms with van der Waals surface area (Å²) in [6.07, 6.45) is -30.3. The summed E-state index contributed by atoms with van der Waals surface area (Å²) in [7, 11) is 8.87. The number of hydrogen-bond acceptors (Lipinski definition) is 18. The Labute approximate surface area is 821 Å². The fourth-order valence-electron chi connectivity index (χ4n) is 12.5. The minimum atomic E-state index is -3.34. The van der Waals surface area contributed by atoms with Crippen LogP contribution in [0.5, 0.6) is 0 Å². The van der Waals surface area contributed by atoms with Crippen molar-refractivity contribution >= 4 is 102 Å². The summed E-state index contributed by atoms with van der Waals surface area (Å²) >= 11 is 0. The number of H-pyrrole nitrogens is 6. The molecule has 6 amide bonds. The Kier molecular flexibility index (Phi) is 14.6. The van der Waals surface area contributed by atoms with Gasteiger partial charge in [-0.1, -0.05) is 36.4 Å². The van der Waals surface area contributed by atoms with Gasteiger partial charge in [-0.15, -0.1) is 0 Å². The molecule has 12 heterocycles. The van der Waals surface area contributed by atoms with Crippen molar-refractivity contribution in [1.29, 1.82) is 0 Å². The Hall–Kier alpha value is -12.1. The van der Waals surface area contributed by atoms with E-state index in [-0.39, 0.29) is 178 Å². The summed E-state index contributed by atoms with van der Waals surface area (Å²) in [5.74, 6) is 0. The number of fused-ring (bicyclic) bond motifs is 6. The maximum absolute atomic E-state index is 11.5. The van der Waals surface area contributed by atoms with Crippen LogP contribution in [-0.2, 0) is 105 Å². The molecular weight excluding hydrogens is 1600 g/mol. The molecule has 0 bridgehead atoms. The molecule has 30 nitrogen and oxygen atoms in total. The number of aromatic nitrogens is 6. The van der Waals surface area contributed by atoms with Crippen molar-refractivity contribution < 1.29 is 140 Å². The Bertz CT molecular complexity index is 8600. The summed E-state index contributed by atoms with van der Waals surface area (Å²) < 4.78 is 508. The Balaban J connectivity index is 0.000000181. The number of nitrogens with zero attached hydrogens (tertiary/aromatic N) is 6.